The van der Waals surface area contributed by atoms with E-state index in [9.17, 15) is 9.59 Å². The van der Waals surface area contributed by atoms with Crippen molar-refractivity contribution in [1.82, 2.24) is 24.7 Å². The highest BCUT2D eigenvalue weighted by Crippen LogP contribution is 2.44. The van der Waals surface area contributed by atoms with E-state index >= 15 is 0 Å². The molecule has 0 unspecified atom stereocenters. The van der Waals surface area contributed by atoms with E-state index < -0.39 is 5.72 Å². The van der Waals surface area contributed by atoms with E-state index in [4.69, 9.17) is 4.74 Å². The largest absolute Gasteiger partial charge is 0.353 e. The molecule has 1 aromatic rings. The number of amides is 2. The number of likely N-dealkylation sites (tertiary alicyclic amines) is 1. The molecule has 0 bridgehead atoms. The van der Waals surface area contributed by atoms with Crippen molar-refractivity contribution in [3.05, 3.63) is 18.5 Å². The lowest BCUT2D eigenvalue weighted by molar-refractivity contribution is -0.181. The molecule has 2 amide bonds. The average molecular weight is 386 g/mol. The second-order valence-electron chi connectivity index (χ2n) is 7.96. The monoisotopic (exact) mass is 386 g/mol. The third-order valence-corrected chi connectivity index (χ3v) is 6.50. The van der Waals surface area contributed by atoms with Crippen LogP contribution in [0.3, 0.4) is 0 Å². The molecule has 4 fully saturated rings. The second kappa shape index (κ2) is 6.97. The summed E-state index contributed by atoms with van der Waals surface area (Å²) in [5, 5.41) is 0. The van der Waals surface area contributed by atoms with E-state index in [1.54, 1.807) is 12.4 Å². The van der Waals surface area contributed by atoms with Crippen molar-refractivity contribution in [3.8, 4) is 0 Å². The van der Waals surface area contributed by atoms with Gasteiger partial charge in [-0.25, -0.2) is 9.97 Å². The summed E-state index contributed by atoms with van der Waals surface area (Å²) in [5.74, 6) is 0.975. The molecule has 0 N–H and O–H groups in total. The number of hydrogen-bond acceptors (Lipinski definition) is 7. The van der Waals surface area contributed by atoms with Crippen LogP contribution < -0.4 is 4.90 Å². The first-order valence-corrected chi connectivity index (χ1v) is 10.2. The van der Waals surface area contributed by atoms with Crippen LogP contribution in [0.1, 0.15) is 19.3 Å². The molecule has 28 heavy (non-hydrogen) atoms. The van der Waals surface area contributed by atoms with Gasteiger partial charge in [0.25, 0.3) is 0 Å². The Morgan fingerprint density at radius 3 is 2.71 bits per heavy atom. The van der Waals surface area contributed by atoms with Crippen LogP contribution in [-0.2, 0) is 14.3 Å². The zero-order chi connectivity index (χ0) is 19.1. The van der Waals surface area contributed by atoms with Crippen molar-refractivity contribution < 1.29 is 14.3 Å². The minimum absolute atomic E-state index is 0.107. The van der Waals surface area contributed by atoms with E-state index in [2.05, 4.69) is 19.8 Å². The third kappa shape index (κ3) is 2.84. The number of nitrogens with zero attached hydrogens (tertiary/aromatic N) is 6. The topological polar surface area (TPSA) is 82.1 Å². The zero-order valence-corrected chi connectivity index (χ0v) is 16.0. The number of carbonyl (C=O) groups is 2. The van der Waals surface area contributed by atoms with E-state index in [-0.39, 0.29) is 17.9 Å². The van der Waals surface area contributed by atoms with E-state index in [1.807, 2.05) is 15.9 Å². The molecule has 2 atom stereocenters. The fourth-order valence-corrected chi connectivity index (χ4v) is 5.09. The SMILES string of the molecule is O=C(CN1CCN(c2ncccn2)CC1)N1CC[C@@]23OCCCN2C(=O)C[C@@H]13. The maximum atomic E-state index is 13.0. The Balaban J connectivity index is 1.20. The van der Waals surface area contributed by atoms with Gasteiger partial charge in [-0.3, -0.25) is 14.5 Å². The quantitative estimate of drug-likeness (QED) is 0.696. The van der Waals surface area contributed by atoms with Gasteiger partial charge in [0, 0.05) is 58.1 Å². The summed E-state index contributed by atoms with van der Waals surface area (Å²) < 4.78 is 6.09. The highest BCUT2D eigenvalue weighted by atomic mass is 16.5. The predicted octanol–water partition coefficient (Wildman–Crippen LogP) is -0.452. The number of rotatable bonds is 3. The number of carbonyl (C=O) groups excluding carboxylic acids is 2. The molecule has 5 heterocycles. The van der Waals surface area contributed by atoms with E-state index in [0.717, 1.165) is 51.5 Å². The molecule has 0 radical (unpaired) electrons. The molecule has 4 saturated heterocycles. The van der Waals surface area contributed by atoms with Crippen LogP contribution in [0.15, 0.2) is 18.5 Å². The van der Waals surface area contributed by atoms with Crippen LogP contribution in [0.2, 0.25) is 0 Å². The molecule has 0 saturated carbocycles. The number of anilines is 1. The fourth-order valence-electron chi connectivity index (χ4n) is 5.09. The van der Waals surface area contributed by atoms with Gasteiger partial charge in [0.2, 0.25) is 17.8 Å². The standard InChI is InChI=1S/C19H26N6O3/c26-16-13-15-19(25(16)6-2-12-28-19)3-7-24(15)17(27)14-22-8-10-23(11-9-22)18-20-4-1-5-21-18/h1,4-5,15H,2-3,6-14H2/t15-,19+/m1/s1. The van der Waals surface area contributed by atoms with Gasteiger partial charge in [0.15, 0.2) is 5.72 Å². The molecule has 5 rings (SSSR count). The summed E-state index contributed by atoms with van der Waals surface area (Å²) in [7, 11) is 0. The van der Waals surface area contributed by atoms with E-state index in [1.165, 1.54) is 0 Å². The van der Waals surface area contributed by atoms with Crippen molar-refractivity contribution in [1.29, 1.82) is 0 Å². The summed E-state index contributed by atoms with van der Waals surface area (Å²) in [4.78, 5) is 42.2. The molecule has 0 aliphatic carbocycles. The van der Waals surface area contributed by atoms with Crippen LogP contribution in [0, 0.1) is 0 Å². The Labute approximate surface area is 164 Å². The first-order chi connectivity index (χ1) is 13.7. The maximum absolute atomic E-state index is 13.0. The van der Waals surface area contributed by atoms with Gasteiger partial charge < -0.3 is 19.4 Å². The lowest BCUT2D eigenvalue weighted by Gasteiger charge is -2.42. The highest BCUT2D eigenvalue weighted by Gasteiger charge is 2.61. The second-order valence-corrected chi connectivity index (χ2v) is 7.96. The van der Waals surface area contributed by atoms with Crippen molar-refractivity contribution in [2.45, 2.75) is 31.0 Å². The summed E-state index contributed by atoms with van der Waals surface area (Å²) in [6.45, 7) is 5.70. The highest BCUT2D eigenvalue weighted by molar-refractivity contribution is 5.85. The molecule has 9 nitrogen and oxygen atoms in total. The Morgan fingerprint density at radius 2 is 1.93 bits per heavy atom. The first-order valence-electron chi connectivity index (χ1n) is 10.2. The molecule has 9 heteroatoms. The predicted molar refractivity (Wildman–Crippen MR) is 100 cm³/mol. The van der Waals surface area contributed by atoms with Gasteiger partial charge in [-0.1, -0.05) is 0 Å². The number of aromatic nitrogens is 2. The van der Waals surface area contributed by atoms with Crippen molar-refractivity contribution >= 4 is 17.8 Å². The summed E-state index contributed by atoms with van der Waals surface area (Å²) >= 11 is 0. The molecule has 0 aromatic carbocycles. The van der Waals surface area contributed by atoms with Crippen LogP contribution in [0.4, 0.5) is 5.95 Å². The summed E-state index contributed by atoms with van der Waals surface area (Å²) in [6, 6.07) is 1.68. The molecule has 150 valence electrons. The fraction of sp³-hybridized carbons (Fsp3) is 0.684. The first kappa shape index (κ1) is 17.8. The molecular formula is C19H26N6O3. The van der Waals surface area contributed by atoms with Gasteiger partial charge in [0.1, 0.15) is 0 Å². The lowest BCUT2D eigenvalue weighted by atomic mass is 10.0. The number of hydrogen-bond donors (Lipinski definition) is 0. The molecular weight excluding hydrogens is 360 g/mol. The number of piperazine rings is 1. The van der Waals surface area contributed by atoms with Gasteiger partial charge in [0.05, 0.1) is 25.6 Å². The van der Waals surface area contributed by atoms with Crippen LogP contribution in [0.25, 0.3) is 0 Å². The molecule has 4 aliphatic rings. The van der Waals surface area contributed by atoms with Crippen molar-refractivity contribution in [2.75, 3.05) is 57.3 Å². The normalized spacial score (nSPS) is 30.5. The van der Waals surface area contributed by atoms with Crippen molar-refractivity contribution in [2.24, 2.45) is 0 Å². The van der Waals surface area contributed by atoms with Gasteiger partial charge in [-0.05, 0) is 12.5 Å². The summed E-state index contributed by atoms with van der Waals surface area (Å²) in [5.41, 5.74) is -0.561. The smallest absolute Gasteiger partial charge is 0.237 e. The molecule has 4 aliphatic heterocycles. The molecule has 1 aromatic heterocycles. The van der Waals surface area contributed by atoms with Gasteiger partial charge in [-0.15, -0.1) is 0 Å². The van der Waals surface area contributed by atoms with Crippen LogP contribution in [0.5, 0.6) is 0 Å². The lowest BCUT2D eigenvalue weighted by Crippen LogP contribution is -2.57. The minimum atomic E-state index is -0.561. The van der Waals surface area contributed by atoms with Gasteiger partial charge >= 0.3 is 0 Å². The average Bonchev–Trinajstić information content (AvgIpc) is 3.21. The Bertz CT molecular complexity index is 753. The van der Waals surface area contributed by atoms with Crippen LogP contribution >= 0.6 is 0 Å². The van der Waals surface area contributed by atoms with Crippen LogP contribution in [-0.4, -0.2) is 101 Å². The maximum Gasteiger partial charge on any atom is 0.237 e. The molecule has 1 spiro atoms. The van der Waals surface area contributed by atoms with Gasteiger partial charge in [-0.2, -0.15) is 0 Å². The number of ether oxygens (including phenoxy) is 1. The Morgan fingerprint density at radius 1 is 1.14 bits per heavy atom. The van der Waals surface area contributed by atoms with Crippen molar-refractivity contribution in [3.63, 3.8) is 0 Å². The Hall–Kier alpha value is -2.26. The van der Waals surface area contributed by atoms with E-state index in [0.29, 0.717) is 26.1 Å². The Kier molecular flexibility index (Phi) is 4.43. The summed E-state index contributed by atoms with van der Waals surface area (Å²) in [6.07, 6.45) is 5.50. The third-order valence-electron chi connectivity index (χ3n) is 6.50. The zero-order valence-electron chi connectivity index (χ0n) is 16.0. The minimum Gasteiger partial charge on any atom is -0.353 e.